The molecule has 0 heterocycles. The van der Waals surface area contributed by atoms with Crippen LogP contribution in [-0.4, -0.2) is 5.78 Å². The normalized spacial score (nSPS) is 10.8. The van der Waals surface area contributed by atoms with Crippen LogP contribution in [-0.2, 0) is 0 Å². The number of carbonyl (C=O) groups excluding carboxylic acids is 1. The minimum Gasteiger partial charge on any atom is -0.399 e. The van der Waals surface area contributed by atoms with Gasteiger partial charge in [-0.05, 0) is 49.2 Å². The van der Waals surface area contributed by atoms with E-state index in [0.717, 1.165) is 27.9 Å². The third-order valence-electron chi connectivity index (χ3n) is 3.02. The Bertz CT molecular complexity index is 624. The highest BCUT2D eigenvalue weighted by atomic mass is 16.1. The highest BCUT2D eigenvalue weighted by Gasteiger charge is 2.05. The number of ketones is 1. The van der Waals surface area contributed by atoms with Crippen LogP contribution in [0.5, 0.6) is 0 Å². The maximum Gasteiger partial charge on any atom is 0.186 e. The zero-order valence-corrected chi connectivity index (χ0v) is 11.2. The van der Waals surface area contributed by atoms with Crippen LogP contribution in [0.1, 0.15) is 27.0 Å². The van der Waals surface area contributed by atoms with Crippen molar-refractivity contribution in [3.05, 3.63) is 70.8 Å². The van der Waals surface area contributed by atoms with E-state index >= 15 is 0 Å². The van der Waals surface area contributed by atoms with Crippen molar-refractivity contribution in [2.75, 3.05) is 5.73 Å². The van der Waals surface area contributed by atoms with Crippen LogP contribution in [0.2, 0.25) is 0 Å². The molecule has 0 radical (unpaired) electrons. The number of hydrogen-bond acceptors (Lipinski definition) is 2. The molecule has 2 nitrogen and oxygen atoms in total. The third kappa shape index (κ3) is 3.32. The molecule has 0 aromatic heterocycles. The van der Waals surface area contributed by atoms with E-state index in [-0.39, 0.29) is 5.78 Å². The predicted molar refractivity (Wildman–Crippen MR) is 80.1 cm³/mol. The summed E-state index contributed by atoms with van der Waals surface area (Å²) in [4.78, 5) is 12.1. The molecule has 2 aromatic carbocycles. The van der Waals surface area contributed by atoms with Crippen molar-refractivity contribution in [3.63, 3.8) is 0 Å². The highest BCUT2D eigenvalue weighted by Crippen LogP contribution is 2.13. The van der Waals surface area contributed by atoms with Gasteiger partial charge in [0.2, 0.25) is 0 Å². The summed E-state index contributed by atoms with van der Waals surface area (Å²) in [5.41, 5.74) is 10.2. The average molecular weight is 251 g/mol. The van der Waals surface area contributed by atoms with E-state index in [1.54, 1.807) is 6.08 Å². The highest BCUT2D eigenvalue weighted by molar-refractivity contribution is 6.07. The van der Waals surface area contributed by atoms with E-state index in [1.165, 1.54) is 0 Å². The molecule has 96 valence electrons. The predicted octanol–water partition coefficient (Wildman–Crippen LogP) is 3.78. The number of aryl methyl sites for hydroxylation is 2. The summed E-state index contributed by atoms with van der Waals surface area (Å²) in [5.74, 6) is 0.0259. The Balaban J connectivity index is 2.21. The van der Waals surface area contributed by atoms with Crippen molar-refractivity contribution < 1.29 is 4.79 Å². The molecule has 2 aromatic rings. The van der Waals surface area contributed by atoms with E-state index < -0.39 is 0 Å². The summed E-state index contributed by atoms with van der Waals surface area (Å²) in [6.07, 6.45) is 3.41. The Morgan fingerprint density at radius 1 is 1.05 bits per heavy atom. The molecule has 0 amide bonds. The number of anilines is 1. The van der Waals surface area contributed by atoms with Crippen LogP contribution < -0.4 is 5.73 Å². The van der Waals surface area contributed by atoms with Gasteiger partial charge in [0.1, 0.15) is 0 Å². The minimum absolute atomic E-state index is 0.0259. The molecule has 2 rings (SSSR count). The topological polar surface area (TPSA) is 43.1 Å². The zero-order chi connectivity index (χ0) is 13.8. The van der Waals surface area contributed by atoms with Crippen molar-refractivity contribution in [1.82, 2.24) is 0 Å². The van der Waals surface area contributed by atoms with E-state index in [9.17, 15) is 4.79 Å². The average Bonchev–Trinajstić information content (AvgIpc) is 2.40. The van der Waals surface area contributed by atoms with Crippen molar-refractivity contribution in [2.24, 2.45) is 0 Å². The Morgan fingerprint density at radius 2 is 1.74 bits per heavy atom. The largest absolute Gasteiger partial charge is 0.399 e. The SMILES string of the molecule is Cc1ccc(C)c(C(=O)/C=C/c2ccc(N)cc2)c1. The lowest BCUT2D eigenvalue weighted by atomic mass is 10.0. The van der Waals surface area contributed by atoms with Gasteiger partial charge >= 0.3 is 0 Å². The summed E-state index contributed by atoms with van der Waals surface area (Å²) in [7, 11) is 0. The first-order valence-electron chi connectivity index (χ1n) is 6.21. The lowest BCUT2D eigenvalue weighted by Crippen LogP contribution is -1.98. The van der Waals surface area contributed by atoms with Gasteiger partial charge in [0, 0.05) is 11.3 Å². The lowest BCUT2D eigenvalue weighted by molar-refractivity contribution is 0.104. The van der Waals surface area contributed by atoms with E-state index in [2.05, 4.69) is 0 Å². The van der Waals surface area contributed by atoms with E-state index in [1.807, 2.05) is 62.4 Å². The van der Waals surface area contributed by atoms with Crippen LogP contribution in [0.15, 0.2) is 48.5 Å². The van der Waals surface area contributed by atoms with Gasteiger partial charge in [-0.15, -0.1) is 0 Å². The number of nitrogens with two attached hydrogens (primary N) is 1. The number of nitrogen functional groups attached to an aromatic ring is 1. The minimum atomic E-state index is 0.0259. The Hall–Kier alpha value is -2.35. The van der Waals surface area contributed by atoms with Crippen LogP contribution in [0, 0.1) is 13.8 Å². The first-order valence-corrected chi connectivity index (χ1v) is 6.21. The third-order valence-corrected chi connectivity index (χ3v) is 3.02. The summed E-state index contributed by atoms with van der Waals surface area (Å²) in [5, 5.41) is 0. The molecular formula is C17H17NO. The number of rotatable bonds is 3. The molecule has 0 saturated heterocycles. The summed E-state index contributed by atoms with van der Waals surface area (Å²) < 4.78 is 0. The Morgan fingerprint density at radius 3 is 2.42 bits per heavy atom. The summed E-state index contributed by atoms with van der Waals surface area (Å²) >= 11 is 0. The number of carbonyl (C=O) groups is 1. The van der Waals surface area contributed by atoms with Gasteiger partial charge in [-0.2, -0.15) is 0 Å². The number of benzene rings is 2. The fourth-order valence-electron chi connectivity index (χ4n) is 1.87. The number of allylic oxidation sites excluding steroid dienone is 1. The fraction of sp³-hybridized carbons (Fsp3) is 0.118. The van der Waals surface area contributed by atoms with Gasteiger partial charge in [-0.3, -0.25) is 4.79 Å². The van der Waals surface area contributed by atoms with Gasteiger partial charge < -0.3 is 5.73 Å². The van der Waals surface area contributed by atoms with E-state index in [0.29, 0.717) is 0 Å². The summed E-state index contributed by atoms with van der Waals surface area (Å²) in [6.45, 7) is 3.93. The fourth-order valence-corrected chi connectivity index (χ4v) is 1.87. The van der Waals surface area contributed by atoms with Gasteiger partial charge in [-0.25, -0.2) is 0 Å². The maximum atomic E-state index is 12.1. The van der Waals surface area contributed by atoms with Crippen LogP contribution in [0.3, 0.4) is 0 Å². The van der Waals surface area contributed by atoms with Crippen LogP contribution in [0.25, 0.3) is 6.08 Å². The molecule has 0 unspecified atom stereocenters. The molecule has 2 heteroatoms. The molecule has 0 spiro atoms. The molecule has 0 aliphatic rings. The van der Waals surface area contributed by atoms with Crippen molar-refractivity contribution in [1.29, 1.82) is 0 Å². The van der Waals surface area contributed by atoms with Gasteiger partial charge in [0.15, 0.2) is 5.78 Å². The second-order valence-corrected chi connectivity index (χ2v) is 4.68. The zero-order valence-electron chi connectivity index (χ0n) is 11.2. The molecule has 19 heavy (non-hydrogen) atoms. The Kier molecular flexibility index (Phi) is 3.81. The second kappa shape index (κ2) is 5.53. The monoisotopic (exact) mass is 251 g/mol. The molecule has 0 atom stereocenters. The quantitative estimate of drug-likeness (QED) is 0.512. The maximum absolute atomic E-state index is 12.1. The van der Waals surface area contributed by atoms with Crippen molar-refractivity contribution in [2.45, 2.75) is 13.8 Å². The molecule has 0 aliphatic heterocycles. The smallest absolute Gasteiger partial charge is 0.186 e. The van der Waals surface area contributed by atoms with Crippen LogP contribution >= 0.6 is 0 Å². The molecule has 0 saturated carbocycles. The first-order chi connectivity index (χ1) is 9.06. The molecule has 0 fully saturated rings. The van der Waals surface area contributed by atoms with Gasteiger partial charge in [-0.1, -0.05) is 35.9 Å². The van der Waals surface area contributed by atoms with Crippen molar-refractivity contribution in [3.8, 4) is 0 Å². The first kappa shape index (κ1) is 13.1. The molecule has 0 aliphatic carbocycles. The molecule has 0 bridgehead atoms. The lowest BCUT2D eigenvalue weighted by Gasteiger charge is -2.03. The molecule has 2 N–H and O–H groups in total. The molecular weight excluding hydrogens is 234 g/mol. The van der Waals surface area contributed by atoms with Crippen LogP contribution in [0.4, 0.5) is 5.69 Å². The van der Waals surface area contributed by atoms with E-state index in [4.69, 9.17) is 5.73 Å². The second-order valence-electron chi connectivity index (χ2n) is 4.68. The Labute approximate surface area is 113 Å². The van der Waals surface area contributed by atoms with Crippen molar-refractivity contribution >= 4 is 17.5 Å². The number of hydrogen-bond donors (Lipinski definition) is 1. The van der Waals surface area contributed by atoms with Gasteiger partial charge in [0.25, 0.3) is 0 Å². The van der Waals surface area contributed by atoms with Gasteiger partial charge in [0.05, 0.1) is 0 Å². The summed E-state index contributed by atoms with van der Waals surface area (Å²) in [6, 6.07) is 13.3. The standard InChI is InChI=1S/C17H17NO/c1-12-3-4-13(2)16(11-12)17(19)10-7-14-5-8-15(18)9-6-14/h3-11H,18H2,1-2H3/b10-7+.